The molecule has 2 aromatic carbocycles. The molecule has 0 N–H and O–H groups in total. The Morgan fingerprint density at radius 3 is 2.32 bits per heavy atom. The lowest BCUT2D eigenvalue weighted by Gasteiger charge is -2.33. The van der Waals surface area contributed by atoms with Crippen LogP contribution in [0.15, 0.2) is 59.5 Å². The molecule has 1 aliphatic heterocycles. The third-order valence-electron chi connectivity index (χ3n) is 5.80. The second kappa shape index (κ2) is 8.77. The van der Waals surface area contributed by atoms with E-state index in [1.54, 1.807) is 21.7 Å². The van der Waals surface area contributed by atoms with Gasteiger partial charge in [-0.25, -0.2) is 17.5 Å². The highest BCUT2D eigenvalue weighted by Crippen LogP contribution is 2.32. The lowest BCUT2D eigenvalue weighted by molar-refractivity contribution is 0.0703. The van der Waals surface area contributed by atoms with Gasteiger partial charge in [-0.05, 0) is 61.5 Å². The number of carbonyl (C=O) groups excluding carboxylic acids is 1. The smallest absolute Gasteiger partial charge is 0.264 e. The van der Waals surface area contributed by atoms with Gasteiger partial charge in [0.1, 0.15) is 10.6 Å². The molecule has 1 saturated heterocycles. The van der Waals surface area contributed by atoms with Crippen molar-refractivity contribution < 1.29 is 17.6 Å². The first kappa shape index (κ1) is 23.0. The van der Waals surface area contributed by atoms with Crippen LogP contribution < -0.4 is 0 Å². The number of hydrogen-bond acceptors (Lipinski definition) is 5. The number of nitrogens with zero attached hydrogens (tertiary/aromatic N) is 4. The lowest BCUT2D eigenvalue weighted by Crippen LogP contribution is -2.50. The minimum atomic E-state index is -3.74. The average molecular weight is 519 g/mol. The molecule has 0 spiro atoms. The Kier molecular flexibility index (Phi) is 5.93. The van der Waals surface area contributed by atoms with E-state index in [0.29, 0.717) is 9.90 Å². The van der Waals surface area contributed by atoms with E-state index in [9.17, 15) is 17.6 Å². The summed E-state index contributed by atoms with van der Waals surface area (Å²) in [7, 11) is -3.74. The molecule has 4 aromatic rings. The van der Waals surface area contributed by atoms with Crippen molar-refractivity contribution in [2.24, 2.45) is 0 Å². The third-order valence-corrected chi connectivity index (χ3v) is 9.07. The summed E-state index contributed by atoms with van der Waals surface area (Å²) in [6.07, 6.45) is 0. The Morgan fingerprint density at radius 1 is 1.03 bits per heavy atom. The lowest BCUT2D eigenvalue weighted by atomic mass is 10.2. The summed E-state index contributed by atoms with van der Waals surface area (Å²) in [6, 6.07) is 13.9. The number of benzene rings is 2. The zero-order valence-corrected chi connectivity index (χ0v) is 20.5. The maximum Gasteiger partial charge on any atom is 0.264 e. The molecule has 0 unspecified atom stereocenters. The quantitative estimate of drug-likeness (QED) is 0.403. The zero-order chi connectivity index (χ0) is 24.0. The number of halogens is 2. The van der Waals surface area contributed by atoms with Crippen molar-refractivity contribution in [1.29, 1.82) is 0 Å². The van der Waals surface area contributed by atoms with E-state index in [1.807, 2.05) is 25.1 Å². The van der Waals surface area contributed by atoms with Crippen molar-refractivity contribution in [3.8, 4) is 5.69 Å². The molecule has 0 radical (unpaired) electrons. The van der Waals surface area contributed by atoms with Crippen molar-refractivity contribution in [2.75, 3.05) is 26.2 Å². The molecule has 0 saturated carbocycles. The Bertz CT molecular complexity index is 1470. The van der Waals surface area contributed by atoms with E-state index in [-0.39, 0.29) is 37.0 Å². The van der Waals surface area contributed by atoms with Gasteiger partial charge in [-0.15, -0.1) is 11.3 Å². The van der Waals surface area contributed by atoms with Crippen molar-refractivity contribution in [3.05, 3.63) is 76.0 Å². The van der Waals surface area contributed by atoms with E-state index in [0.717, 1.165) is 33.7 Å². The number of aryl methyl sites for hydroxylation is 1. The second-order valence-electron chi connectivity index (χ2n) is 7.95. The van der Waals surface area contributed by atoms with Gasteiger partial charge in [0.2, 0.25) is 10.0 Å². The molecule has 0 aliphatic carbocycles. The number of piperazine rings is 1. The Morgan fingerprint density at radius 2 is 1.68 bits per heavy atom. The van der Waals surface area contributed by atoms with Crippen LogP contribution >= 0.6 is 22.9 Å². The molecular weight excluding hydrogens is 499 g/mol. The molecule has 0 bridgehead atoms. The fraction of sp³-hybridized carbons (Fsp3) is 0.217. The van der Waals surface area contributed by atoms with Crippen LogP contribution in [0.3, 0.4) is 0 Å². The van der Waals surface area contributed by atoms with E-state index in [2.05, 4.69) is 5.10 Å². The zero-order valence-electron chi connectivity index (χ0n) is 18.1. The number of amides is 1. The average Bonchev–Trinajstić information content (AvgIpc) is 3.40. The first-order chi connectivity index (χ1) is 16.2. The third kappa shape index (κ3) is 4.11. The van der Waals surface area contributed by atoms with Gasteiger partial charge in [0.25, 0.3) is 5.91 Å². The monoisotopic (exact) mass is 518 g/mol. The van der Waals surface area contributed by atoms with Gasteiger partial charge in [0, 0.05) is 36.6 Å². The number of fused-ring (bicyclic) bond motifs is 1. The van der Waals surface area contributed by atoms with E-state index in [1.165, 1.54) is 27.8 Å². The number of aromatic nitrogens is 2. The van der Waals surface area contributed by atoms with Crippen LogP contribution in [0, 0.1) is 12.7 Å². The molecule has 3 heterocycles. The van der Waals surface area contributed by atoms with Crippen LogP contribution in [0.5, 0.6) is 0 Å². The second-order valence-corrected chi connectivity index (χ2v) is 11.4. The van der Waals surface area contributed by atoms with Gasteiger partial charge < -0.3 is 4.90 Å². The summed E-state index contributed by atoms with van der Waals surface area (Å²) in [6.45, 7) is 2.79. The predicted molar refractivity (Wildman–Crippen MR) is 130 cm³/mol. The van der Waals surface area contributed by atoms with Crippen LogP contribution in [0.1, 0.15) is 15.4 Å². The van der Waals surface area contributed by atoms with Gasteiger partial charge in [-0.1, -0.05) is 11.6 Å². The largest absolute Gasteiger partial charge is 0.335 e. The minimum Gasteiger partial charge on any atom is -0.335 e. The van der Waals surface area contributed by atoms with E-state index in [4.69, 9.17) is 11.6 Å². The molecule has 5 rings (SSSR count). The Balaban J connectivity index is 1.34. The van der Waals surface area contributed by atoms with Crippen molar-refractivity contribution in [2.45, 2.75) is 11.8 Å². The summed E-state index contributed by atoms with van der Waals surface area (Å²) in [5.74, 6) is -0.630. The SMILES string of the molecule is Cc1nn(-c2ccc(Cl)cc2)c2sc(C(=O)N3CCN(S(=O)(=O)c4ccc(F)cc4)CC3)cc12. The first-order valence-corrected chi connectivity index (χ1v) is 13.2. The highest BCUT2D eigenvalue weighted by molar-refractivity contribution is 7.89. The molecule has 1 amide bonds. The molecule has 7 nitrogen and oxygen atoms in total. The van der Waals surface area contributed by atoms with Crippen molar-refractivity contribution in [1.82, 2.24) is 19.0 Å². The van der Waals surface area contributed by atoms with Gasteiger partial charge in [-0.3, -0.25) is 4.79 Å². The molecule has 0 atom stereocenters. The molecule has 1 fully saturated rings. The van der Waals surface area contributed by atoms with E-state index < -0.39 is 15.8 Å². The van der Waals surface area contributed by atoms with Gasteiger partial charge in [-0.2, -0.15) is 9.40 Å². The Labute approximate surface area is 205 Å². The molecule has 11 heteroatoms. The van der Waals surface area contributed by atoms with Crippen LogP contribution in [-0.2, 0) is 10.0 Å². The topological polar surface area (TPSA) is 75.5 Å². The Hall–Kier alpha value is -2.79. The molecule has 2 aromatic heterocycles. The molecule has 1 aliphatic rings. The number of rotatable bonds is 4. The summed E-state index contributed by atoms with van der Waals surface area (Å²) in [4.78, 5) is 16.4. The standard InChI is InChI=1S/C23H20ClFN4O3S2/c1-15-20-14-21(33-23(20)29(26-15)18-6-2-16(24)3-7-18)22(30)27-10-12-28(13-11-27)34(31,32)19-8-4-17(25)5-9-19/h2-9,14H,10-13H2,1H3. The van der Waals surface area contributed by atoms with Crippen LogP contribution in [-0.4, -0.2) is 59.5 Å². The maximum absolute atomic E-state index is 13.2. The van der Waals surface area contributed by atoms with E-state index >= 15 is 0 Å². The number of sulfonamides is 1. The van der Waals surface area contributed by atoms with Crippen LogP contribution in [0.25, 0.3) is 15.9 Å². The summed E-state index contributed by atoms with van der Waals surface area (Å²) in [5.41, 5.74) is 1.67. The maximum atomic E-state index is 13.2. The van der Waals surface area contributed by atoms with Gasteiger partial charge >= 0.3 is 0 Å². The fourth-order valence-corrected chi connectivity index (χ4v) is 6.65. The van der Waals surface area contributed by atoms with Crippen LogP contribution in [0.2, 0.25) is 5.02 Å². The summed E-state index contributed by atoms with van der Waals surface area (Å²) >= 11 is 7.36. The predicted octanol–water partition coefficient (Wildman–Crippen LogP) is 4.33. The van der Waals surface area contributed by atoms with Crippen molar-refractivity contribution >= 4 is 49.1 Å². The van der Waals surface area contributed by atoms with Gasteiger partial charge in [0.15, 0.2) is 0 Å². The normalized spacial score (nSPS) is 15.2. The number of thiophene rings is 1. The van der Waals surface area contributed by atoms with Gasteiger partial charge in [0.05, 0.1) is 21.2 Å². The fourth-order valence-electron chi connectivity index (χ4n) is 3.95. The minimum absolute atomic E-state index is 0.0420. The molecule has 34 heavy (non-hydrogen) atoms. The number of hydrogen-bond donors (Lipinski definition) is 0. The van der Waals surface area contributed by atoms with Crippen LogP contribution in [0.4, 0.5) is 4.39 Å². The molecular formula is C23H20ClFN4O3S2. The van der Waals surface area contributed by atoms with Crippen molar-refractivity contribution in [3.63, 3.8) is 0 Å². The summed E-state index contributed by atoms with van der Waals surface area (Å²) < 4.78 is 42.0. The first-order valence-electron chi connectivity index (χ1n) is 10.5. The number of carbonyl (C=O) groups is 1. The molecule has 176 valence electrons. The summed E-state index contributed by atoms with van der Waals surface area (Å²) in [5, 5.41) is 6.13. The highest BCUT2D eigenvalue weighted by Gasteiger charge is 2.31. The highest BCUT2D eigenvalue weighted by atomic mass is 35.5.